The maximum absolute atomic E-state index is 9.97. The molecule has 6 nitrogen and oxygen atoms in total. The Bertz CT molecular complexity index is 282. The van der Waals surface area contributed by atoms with Crippen molar-refractivity contribution in [2.45, 2.75) is 0 Å². The van der Waals surface area contributed by atoms with Crippen LogP contribution in [0, 0.1) is 0 Å². The van der Waals surface area contributed by atoms with Crippen LogP contribution in [-0.4, -0.2) is 16.8 Å². The minimum absolute atomic E-state index is 3.07. The first-order chi connectivity index (χ1) is 4.27. The minimum Gasteiger partial charge on any atom is -0.180 e. The lowest BCUT2D eigenvalue weighted by Gasteiger charge is -1.92. The second kappa shape index (κ2) is 3.20. The lowest BCUT2D eigenvalue weighted by Crippen LogP contribution is -2.07. The van der Waals surface area contributed by atoms with Gasteiger partial charge in [0.05, 0.1) is 22.5 Å². The van der Waals surface area contributed by atoms with E-state index < -0.39 is 19.7 Å². The van der Waals surface area contributed by atoms with Gasteiger partial charge in [-0.25, -0.2) is 0 Å². The average molecular weight is 231 g/mol. The summed E-state index contributed by atoms with van der Waals surface area (Å²) in [5, 5.41) is 0. The van der Waals surface area contributed by atoms with Crippen LogP contribution in [0.4, 0.5) is 0 Å². The van der Waals surface area contributed by atoms with Crippen molar-refractivity contribution in [3.8, 4) is 0 Å². The highest BCUT2D eigenvalue weighted by Gasteiger charge is 2.20. The standard InChI is InChI=1S/Cl2O6S2/c1-7-10(5,6)8-9(2,3)4. The van der Waals surface area contributed by atoms with Gasteiger partial charge < -0.3 is 0 Å². The summed E-state index contributed by atoms with van der Waals surface area (Å²) in [4.78, 5) is 0. The molecule has 0 unspecified atom stereocenters. The topological polar surface area (TPSA) is 86.7 Å². The van der Waals surface area contributed by atoms with E-state index in [1.807, 2.05) is 0 Å². The Morgan fingerprint density at radius 3 is 1.60 bits per heavy atom. The van der Waals surface area contributed by atoms with E-state index in [2.05, 4.69) is 29.9 Å². The highest BCUT2D eigenvalue weighted by Crippen LogP contribution is 2.07. The van der Waals surface area contributed by atoms with Crippen molar-refractivity contribution < 1.29 is 24.2 Å². The van der Waals surface area contributed by atoms with E-state index >= 15 is 0 Å². The van der Waals surface area contributed by atoms with E-state index in [0.717, 1.165) is 0 Å². The van der Waals surface area contributed by atoms with Crippen molar-refractivity contribution in [1.29, 1.82) is 0 Å². The molecule has 0 bridgehead atoms. The predicted octanol–water partition coefficient (Wildman–Crippen LogP) is -0.0982. The maximum Gasteiger partial charge on any atom is 0.431 e. The summed E-state index contributed by atoms with van der Waals surface area (Å²) >= 11 is 4.26. The molecule has 0 aliphatic carbocycles. The highest BCUT2D eigenvalue weighted by atomic mass is 35.7. The van der Waals surface area contributed by atoms with Gasteiger partial charge in [-0.05, 0) is 0 Å². The van der Waals surface area contributed by atoms with E-state index in [9.17, 15) is 16.8 Å². The van der Waals surface area contributed by atoms with E-state index in [1.54, 1.807) is 0 Å². The number of hydrogen-bond donors (Lipinski definition) is 0. The molecule has 0 aliphatic rings. The fraction of sp³-hybridized carbons (Fsp3) is 0. The van der Waals surface area contributed by atoms with Gasteiger partial charge >= 0.3 is 19.7 Å². The zero-order chi connectivity index (χ0) is 8.41. The smallest absolute Gasteiger partial charge is 0.180 e. The summed E-state index contributed by atoms with van der Waals surface area (Å²) < 4.78 is 45.8. The van der Waals surface area contributed by atoms with E-state index in [0.29, 0.717) is 0 Å². The normalized spacial score (nSPS) is 13.4. The maximum atomic E-state index is 9.97. The number of rotatable bonds is 3. The first-order valence-corrected chi connectivity index (χ1v) is 5.35. The molecule has 62 valence electrons. The molecule has 10 heteroatoms. The summed E-state index contributed by atoms with van der Waals surface area (Å²) in [6, 6.07) is 0. The van der Waals surface area contributed by atoms with Crippen molar-refractivity contribution in [3.05, 3.63) is 0 Å². The third-order valence-electron chi connectivity index (χ3n) is 0.242. The molecule has 0 saturated heterocycles. The molecule has 0 heterocycles. The van der Waals surface area contributed by atoms with Gasteiger partial charge in [-0.3, -0.25) is 0 Å². The quantitative estimate of drug-likeness (QED) is 0.630. The van der Waals surface area contributed by atoms with Gasteiger partial charge in [0, 0.05) is 0 Å². The van der Waals surface area contributed by atoms with E-state index in [1.165, 1.54) is 0 Å². The SMILES string of the molecule is O=S(=O)(Cl)OS(=O)(=O)OCl. The highest BCUT2D eigenvalue weighted by molar-refractivity contribution is 8.14. The van der Waals surface area contributed by atoms with Crippen molar-refractivity contribution in [3.63, 3.8) is 0 Å². The molecule has 0 aromatic rings. The molecule has 0 radical (unpaired) electrons. The third kappa shape index (κ3) is 5.21. The summed E-state index contributed by atoms with van der Waals surface area (Å²) in [6.07, 6.45) is 0. The second-order valence-corrected chi connectivity index (χ2v) is 4.72. The van der Waals surface area contributed by atoms with Gasteiger partial charge in [0.2, 0.25) is 0 Å². The van der Waals surface area contributed by atoms with E-state index in [4.69, 9.17) is 0 Å². The largest absolute Gasteiger partial charge is 0.431 e. The molecule has 0 N–H and O–H groups in total. The molecular weight excluding hydrogens is 231 g/mol. The Balaban J connectivity index is 4.49. The van der Waals surface area contributed by atoms with Crippen LogP contribution >= 0.6 is 22.5 Å². The van der Waals surface area contributed by atoms with Crippen LogP contribution in [0.3, 0.4) is 0 Å². The zero-order valence-electron chi connectivity index (χ0n) is 4.02. The first kappa shape index (κ1) is 10.4. The molecule has 0 fully saturated rings. The Labute approximate surface area is 66.8 Å². The van der Waals surface area contributed by atoms with Crippen LogP contribution in [0.1, 0.15) is 0 Å². The van der Waals surface area contributed by atoms with Gasteiger partial charge in [-0.1, -0.05) is 0 Å². The second-order valence-electron chi connectivity index (χ2n) is 0.932. The molecule has 0 aromatic carbocycles. The molecular formula is Cl2O6S2. The average Bonchev–Trinajstić information content (AvgIpc) is 1.60. The summed E-state index contributed by atoms with van der Waals surface area (Å²) in [5.74, 6) is 0. The molecule has 0 amide bonds. The van der Waals surface area contributed by atoms with Crippen LogP contribution in [0.15, 0.2) is 0 Å². The Morgan fingerprint density at radius 1 is 1.10 bits per heavy atom. The molecule has 0 aromatic heterocycles. The van der Waals surface area contributed by atoms with Crippen LogP contribution in [0.5, 0.6) is 0 Å². The van der Waals surface area contributed by atoms with E-state index in [-0.39, 0.29) is 0 Å². The summed E-state index contributed by atoms with van der Waals surface area (Å²) in [7, 11) is -5.02. The molecule has 0 aliphatic heterocycles. The number of hydrogen-bond acceptors (Lipinski definition) is 6. The minimum atomic E-state index is -4.73. The zero-order valence-corrected chi connectivity index (χ0v) is 7.17. The molecule has 0 saturated carbocycles. The van der Waals surface area contributed by atoms with Gasteiger partial charge in [0.1, 0.15) is 0 Å². The Morgan fingerprint density at radius 2 is 1.50 bits per heavy atom. The van der Waals surface area contributed by atoms with Gasteiger partial charge in [0.25, 0.3) is 0 Å². The molecule has 0 rings (SSSR count). The van der Waals surface area contributed by atoms with Crippen molar-refractivity contribution >= 4 is 42.3 Å². The van der Waals surface area contributed by atoms with Crippen molar-refractivity contribution in [2.24, 2.45) is 0 Å². The van der Waals surface area contributed by atoms with Gasteiger partial charge in [0.15, 0.2) is 0 Å². The molecule has 10 heavy (non-hydrogen) atoms. The predicted molar refractivity (Wildman–Crippen MR) is 31.7 cm³/mol. The fourth-order valence-electron chi connectivity index (χ4n) is 0.110. The van der Waals surface area contributed by atoms with Gasteiger partial charge in [-0.15, -0.1) is 7.36 Å². The van der Waals surface area contributed by atoms with Crippen molar-refractivity contribution in [1.82, 2.24) is 0 Å². The van der Waals surface area contributed by atoms with Crippen LogP contribution in [-0.2, 0) is 27.1 Å². The monoisotopic (exact) mass is 230 g/mol. The fourth-order valence-corrected chi connectivity index (χ4v) is 1.75. The van der Waals surface area contributed by atoms with Crippen LogP contribution < -0.4 is 0 Å². The first-order valence-electron chi connectivity index (χ1n) is 1.48. The van der Waals surface area contributed by atoms with Crippen LogP contribution in [0.2, 0.25) is 0 Å². The Kier molecular flexibility index (Phi) is 3.33. The molecule has 0 spiro atoms. The lowest BCUT2D eigenvalue weighted by molar-refractivity contribution is 0.407. The van der Waals surface area contributed by atoms with Gasteiger partial charge in [-0.2, -0.15) is 16.8 Å². The van der Waals surface area contributed by atoms with Crippen molar-refractivity contribution in [2.75, 3.05) is 0 Å². The number of halogens is 2. The molecule has 0 atom stereocenters. The Hall–Kier alpha value is 0.400. The lowest BCUT2D eigenvalue weighted by atomic mass is 15.8. The van der Waals surface area contributed by atoms with Crippen LogP contribution in [0.25, 0.3) is 0 Å². The summed E-state index contributed by atoms with van der Waals surface area (Å²) in [6.45, 7) is 0. The third-order valence-corrected chi connectivity index (χ3v) is 2.64. The summed E-state index contributed by atoms with van der Waals surface area (Å²) in [5.41, 5.74) is 0.